The first-order chi connectivity index (χ1) is 8.78. The molecule has 1 aliphatic rings. The van der Waals surface area contributed by atoms with E-state index in [1.165, 1.54) is 19.3 Å². The largest absolute Gasteiger partial charge is 0.370 e. The number of carbonyl (C=O) groups excluding carboxylic acids is 1. The van der Waals surface area contributed by atoms with Gasteiger partial charge in [0, 0.05) is 18.7 Å². The summed E-state index contributed by atoms with van der Waals surface area (Å²) in [6.45, 7) is 4.24. The second kappa shape index (κ2) is 5.68. The maximum Gasteiger partial charge on any atom is 0.150 e. The van der Waals surface area contributed by atoms with Gasteiger partial charge >= 0.3 is 0 Å². The van der Waals surface area contributed by atoms with Crippen molar-refractivity contribution in [3.63, 3.8) is 0 Å². The predicted octanol–water partition coefficient (Wildman–Crippen LogP) is 3.00. The second-order valence-corrected chi connectivity index (χ2v) is 4.87. The van der Waals surface area contributed by atoms with Gasteiger partial charge in [0.1, 0.15) is 12.4 Å². The van der Waals surface area contributed by atoms with Crippen molar-refractivity contribution in [1.82, 2.24) is 0 Å². The third-order valence-corrected chi connectivity index (χ3v) is 3.71. The van der Waals surface area contributed by atoms with Crippen molar-refractivity contribution in [2.24, 2.45) is 5.92 Å². The highest BCUT2D eigenvalue weighted by Gasteiger charge is 2.20. The molecule has 1 aromatic carbocycles. The molecule has 0 spiro atoms. The molecule has 1 saturated heterocycles. The van der Waals surface area contributed by atoms with E-state index in [2.05, 4.69) is 17.9 Å². The Labute approximate surface area is 108 Å². The summed E-state index contributed by atoms with van der Waals surface area (Å²) in [4.78, 5) is 13.0. The molecular weight excluding hydrogens is 224 g/mol. The smallest absolute Gasteiger partial charge is 0.150 e. The van der Waals surface area contributed by atoms with Crippen LogP contribution in [0.15, 0.2) is 18.2 Å². The molecule has 0 radical (unpaired) electrons. The third-order valence-electron chi connectivity index (χ3n) is 3.71. The molecule has 1 atom stereocenters. The fourth-order valence-corrected chi connectivity index (χ4v) is 2.61. The standard InChI is InChI=1S/C15H18N2O/c1-2-12-4-3-7-17(10-12)15-6-5-13(11-18)8-14(15)9-16/h5-6,8,11-12H,2-4,7,10H2,1H3. The van der Waals surface area contributed by atoms with E-state index >= 15 is 0 Å². The summed E-state index contributed by atoms with van der Waals surface area (Å²) in [5.41, 5.74) is 2.15. The van der Waals surface area contributed by atoms with Crippen LogP contribution in [-0.2, 0) is 0 Å². The number of aldehydes is 1. The van der Waals surface area contributed by atoms with Crippen LogP contribution in [0.25, 0.3) is 0 Å². The molecule has 1 aliphatic heterocycles. The van der Waals surface area contributed by atoms with E-state index in [9.17, 15) is 10.1 Å². The van der Waals surface area contributed by atoms with Crippen molar-refractivity contribution in [3.8, 4) is 6.07 Å². The Balaban J connectivity index is 2.27. The molecule has 1 aromatic rings. The van der Waals surface area contributed by atoms with Gasteiger partial charge in [-0.15, -0.1) is 0 Å². The Morgan fingerprint density at radius 3 is 3.06 bits per heavy atom. The molecule has 0 amide bonds. The van der Waals surface area contributed by atoms with Crippen LogP contribution in [0.2, 0.25) is 0 Å². The van der Waals surface area contributed by atoms with Crippen molar-refractivity contribution >= 4 is 12.0 Å². The average Bonchev–Trinajstić information content (AvgIpc) is 2.46. The first-order valence-electron chi connectivity index (χ1n) is 6.52. The molecule has 1 fully saturated rings. The summed E-state index contributed by atoms with van der Waals surface area (Å²) in [5.74, 6) is 0.719. The fourth-order valence-electron chi connectivity index (χ4n) is 2.61. The zero-order valence-electron chi connectivity index (χ0n) is 10.7. The Bertz CT molecular complexity index is 476. The van der Waals surface area contributed by atoms with Gasteiger partial charge in [-0.05, 0) is 37.0 Å². The van der Waals surface area contributed by atoms with Gasteiger partial charge in [-0.1, -0.05) is 13.3 Å². The number of nitriles is 1. The lowest BCUT2D eigenvalue weighted by Gasteiger charge is -2.34. The van der Waals surface area contributed by atoms with E-state index in [1.54, 1.807) is 12.1 Å². The second-order valence-electron chi connectivity index (χ2n) is 4.87. The lowest BCUT2D eigenvalue weighted by atomic mass is 9.94. The van der Waals surface area contributed by atoms with E-state index in [-0.39, 0.29) is 0 Å². The Kier molecular flexibility index (Phi) is 3.99. The summed E-state index contributed by atoms with van der Waals surface area (Å²) in [5, 5.41) is 9.20. The zero-order chi connectivity index (χ0) is 13.0. The molecule has 3 heteroatoms. The van der Waals surface area contributed by atoms with Crippen LogP contribution in [0.5, 0.6) is 0 Å². The van der Waals surface area contributed by atoms with Gasteiger partial charge in [-0.25, -0.2) is 0 Å². The summed E-state index contributed by atoms with van der Waals surface area (Å²) >= 11 is 0. The van der Waals surface area contributed by atoms with Gasteiger partial charge in [0.25, 0.3) is 0 Å². The van der Waals surface area contributed by atoms with Gasteiger partial charge in [-0.3, -0.25) is 4.79 Å². The number of anilines is 1. The Hall–Kier alpha value is -1.82. The van der Waals surface area contributed by atoms with Gasteiger partial charge in [-0.2, -0.15) is 5.26 Å². The van der Waals surface area contributed by atoms with E-state index in [0.29, 0.717) is 11.1 Å². The molecule has 1 heterocycles. The maximum atomic E-state index is 10.7. The molecule has 94 valence electrons. The fraction of sp³-hybridized carbons (Fsp3) is 0.467. The minimum Gasteiger partial charge on any atom is -0.370 e. The quantitative estimate of drug-likeness (QED) is 0.765. The normalized spacial score (nSPS) is 19.3. The van der Waals surface area contributed by atoms with Crippen molar-refractivity contribution in [2.75, 3.05) is 18.0 Å². The minimum absolute atomic E-state index is 0.569. The molecule has 18 heavy (non-hydrogen) atoms. The molecule has 0 saturated carbocycles. The number of hydrogen-bond acceptors (Lipinski definition) is 3. The monoisotopic (exact) mass is 242 g/mol. The summed E-state index contributed by atoms with van der Waals surface area (Å²) < 4.78 is 0. The highest BCUT2D eigenvalue weighted by molar-refractivity contribution is 5.78. The van der Waals surface area contributed by atoms with Crippen LogP contribution in [0.1, 0.15) is 42.1 Å². The van der Waals surface area contributed by atoms with E-state index in [4.69, 9.17) is 0 Å². The molecule has 0 N–H and O–H groups in total. The zero-order valence-corrected chi connectivity index (χ0v) is 10.7. The van der Waals surface area contributed by atoms with Crippen molar-refractivity contribution in [2.45, 2.75) is 26.2 Å². The molecule has 3 nitrogen and oxygen atoms in total. The van der Waals surface area contributed by atoms with Crippen LogP contribution >= 0.6 is 0 Å². The average molecular weight is 242 g/mol. The summed E-state index contributed by atoms with van der Waals surface area (Å²) in [7, 11) is 0. The third kappa shape index (κ3) is 2.53. The summed E-state index contributed by atoms with van der Waals surface area (Å²) in [6.07, 6.45) is 4.43. The molecule has 2 rings (SSSR count). The SMILES string of the molecule is CCC1CCCN(c2ccc(C=O)cc2C#N)C1. The Morgan fingerprint density at radius 1 is 1.56 bits per heavy atom. The molecule has 1 unspecified atom stereocenters. The highest BCUT2D eigenvalue weighted by Crippen LogP contribution is 2.27. The van der Waals surface area contributed by atoms with Crippen LogP contribution < -0.4 is 4.90 Å². The van der Waals surface area contributed by atoms with Gasteiger partial charge in [0.15, 0.2) is 0 Å². The first-order valence-corrected chi connectivity index (χ1v) is 6.52. The first kappa shape index (κ1) is 12.6. The van der Waals surface area contributed by atoms with Crippen molar-refractivity contribution < 1.29 is 4.79 Å². The van der Waals surface area contributed by atoms with E-state index < -0.39 is 0 Å². The van der Waals surface area contributed by atoms with E-state index in [1.807, 2.05) is 6.07 Å². The van der Waals surface area contributed by atoms with E-state index in [0.717, 1.165) is 31.0 Å². The highest BCUT2D eigenvalue weighted by atomic mass is 16.1. The van der Waals surface area contributed by atoms with Gasteiger partial charge in [0.2, 0.25) is 0 Å². The predicted molar refractivity (Wildman–Crippen MR) is 71.8 cm³/mol. The van der Waals surface area contributed by atoms with Crippen LogP contribution in [-0.4, -0.2) is 19.4 Å². The molecule has 0 aliphatic carbocycles. The topological polar surface area (TPSA) is 44.1 Å². The van der Waals surface area contributed by atoms with Crippen molar-refractivity contribution in [1.29, 1.82) is 5.26 Å². The number of hydrogen-bond donors (Lipinski definition) is 0. The molecule has 0 aromatic heterocycles. The molecule has 0 bridgehead atoms. The lowest BCUT2D eigenvalue weighted by Crippen LogP contribution is -2.35. The number of carbonyl (C=O) groups is 1. The van der Waals surface area contributed by atoms with Crippen LogP contribution in [0, 0.1) is 17.2 Å². The minimum atomic E-state index is 0.569. The van der Waals surface area contributed by atoms with Gasteiger partial charge in [0.05, 0.1) is 11.3 Å². The Morgan fingerprint density at radius 2 is 2.39 bits per heavy atom. The maximum absolute atomic E-state index is 10.7. The number of benzene rings is 1. The van der Waals surface area contributed by atoms with Crippen LogP contribution in [0.4, 0.5) is 5.69 Å². The number of rotatable bonds is 3. The van der Waals surface area contributed by atoms with Crippen LogP contribution in [0.3, 0.4) is 0 Å². The summed E-state index contributed by atoms with van der Waals surface area (Å²) in [6, 6.07) is 7.57. The lowest BCUT2D eigenvalue weighted by molar-refractivity contribution is 0.112. The number of piperidine rings is 1. The molecular formula is C15H18N2O. The number of nitrogens with zero attached hydrogens (tertiary/aromatic N) is 2. The van der Waals surface area contributed by atoms with Gasteiger partial charge < -0.3 is 4.90 Å². The van der Waals surface area contributed by atoms with Crippen molar-refractivity contribution in [3.05, 3.63) is 29.3 Å².